The van der Waals surface area contributed by atoms with E-state index < -0.39 is 5.97 Å². The Bertz CT molecular complexity index is 507. The molecule has 0 saturated heterocycles. The maximum absolute atomic E-state index is 12.0. The van der Waals surface area contributed by atoms with Crippen molar-refractivity contribution in [1.29, 1.82) is 0 Å². The van der Waals surface area contributed by atoms with Gasteiger partial charge in [0.1, 0.15) is 11.6 Å². The molecule has 118 valence electrons. The molecular weight excluding hydrogens is 272 g/mol. The average molecular weight is 296 g/mol. The monoisotopic (exact) mass is 296 g/mol. The fraction of sp³-hybridized carbons (Fsp3) is 0.643. The smallest absolute Gasteiger partial charge is 0.360 e. The molecule has 0 bridgehead atoms. The number of esters is 1. The number of aryl methyl sites for hydroxylation is 1. The van der Waals surface area contributed by atoms with E-state index in [0.717, 1.165) is 0 Å². The van der Waals surface area contributed by atoms with Gasteiger partial charge in [-0.25, -0.2) is 9.78 Å². The molecule has 7 nitrogen and oxygen atoms in total. The van der Waals surface area contributed by atoms with Crippen LogP contribution in [0.5, 0.6) is 0 Å². The van der Waals surface area contributed by atoms with Gasteiger partial charge >= 0.3 is 5.97 Å². The van der Waals surface area contributed by atoms with Crippen LogP contribution in [-0.2, 0) is 22.5 Å². The zero-order chi connectivity index (χ0) is 16.0. The average Bonchev–Trinajstić information content (AvgIpc) is 2.81. The molecule has 0 aromatic carbocycles. The summed E-state index contributed by atoms with van der Waals surface area (Å²) in [5.74, 6) is 0.442. The fourth-order valence-electron chi connectivity index (χ4n) is 2.22. The number of hydrogen-bond acceptors (Lipinski definition) is 5. The Morgan fingerprint density at radius 1 is 1.29 bits per heavy atom. The van der Waals surface area contributed by atoms with Crippen molar-refractivity contribution in [2.45, 2.75) is 40.2 Å². The molecule has 2 N–H and O–H groups in total. The number of nitrogens with two attached hydrogens (primary N) is 1. The van der Waals surface area contributed by atoms with Gasteiger partial charge in [0.15, 0.2) is 5.69 Å². The highest BCUT2D eigenvalue weighted by atomic mass is 16.5. The summed E-state index contributed by atoms with van der Waals surface area (Å²) in [6, 6.07) is 0. The topological polar surface area (TPSA) is 90.4 Å². The highest BCUT2D eigenvalue weighted by molar-refractivity contribution is 5.92. The Morgan fingerprint density at radius 2 is 1.90 bits per heavy atom. The molecule has 0 aliphatic rings. The predicted molar refractivity (Wildman–Crippen MR) is 79.9 cm³/mol. The third kappa shape index (κ3) is 3.74. The number of aromatic nitrogens is 2. The molecule has 0 aliphatic heterocycles. The molecule has 0 atom stereocenters. The van der Waals surface area contributed by atoms with Crippen LogP contribution in [0.25, 0.3) is 0 Å². The zero-order valence-corrected chi connectivity index (χ0v) is 13.2. The third-order valence-corrected chi connectivity index (χ3v) is 3.45. The summed E-state index contributed by atoms with van der Waals surface area (Å²) in [5, 5.41) is 0. The molecule has 1 amide bonds. The number of ether oxygens (including phenoxy) is 1. The summed E-state index contributed by atoms with van der Waals surface area (Å²) in [6.07, 6.45) is 0.955. The van der Waals surface area contributed by atoms with Crippen molar-refractivity contribution in [3.63, 3.8) is 0 Å². The SMILES string of the molecule is CCc1nc(C(=O)OC)c(N)n1CCC(=O)N(CC)CC. The summed E-state index contributed by atoms with van der Waals surface area (Å²) in [5.41, 5.74) is 6.07. The minimum absolute atomic E-state index is 0.0646. The molecule has 0 unspecified atom stereocenters. The van der Waals surface area contributed by atoms with Crippen LogP contribution < -0.4 is 5.73 Å². The number of carbonyl (C=O) groups is 2. The number of methoxy groups -OCH3 is 1. The maximum Gasteiger partial charge on any atom is 0.360 e. The Hall–Kier alpha value is -2.05. The van der Waals surface area contributed by atoms with Crippen molar-refractivity contribution in [3.05, 3.63) is 11.5 Å². The van der Waals surface area contributed by atoms with Crippen LogP contribution in [0, 0.1) is 0 Å². The van der Waals surface area contributed by atoms with Crippen molar-refractivity contribution in [1.82, 2.24) is 14.5 Å². The molecule has 0 aliphatic carbocycles. The van der Waals surface area contributed by atoms with Crippen molar-refractivity contribution in [2.75, 3.05) is 25.9 Å². The van der Waals surface area contributed by atoms with Gasteiger partial charge in [-0.3, -0.25) is 4.79 Å². The number of amides is 1. The largest absolute Gasteiger partial charge is 0.464 e. The van der Waals surface area contributed by atoms with Crippen LogP contribution in [0.2, 0.25) is 0 Å². The van der Waals surface area contributed by atoms with E-state index >= 15 is 0 Å². The van der Waals surface area contributed by atoms with Crippen molar-refractivity contribution >= 4 is 17.7 Å². The fourth-order valence-corrected chi connectivity index (χ4v) is 2.22. The van der Waals surface area contributed by atoms with Crippen LogP contribution >= 0.6 is 0 Å². The third-order valence-electron chi connectivity index (χ3n) is 3.45. The van der Waals surface area contributed by atoms with Crippen molar-refractivity contribution < 1.29 is 14.3 Å². The lowest BCUT2D eigenvalue weighted by atomic mass is 10.3. The highest BCUT2D eigenvalue weighted by Crippen LogP contribution is 2.17. The highest BCUT2D eigenvalue weighted by Gasteiger charge is 2.21. The van der Waals surface area contributed by atoms with Crippen LogP contribution in [0.3, 0.4) is 0 Å². The zero-order valence-electron chi connectivity index (χ0n) is 13.2. The molecule has 0 fully saturated rings. The normalized spacial score (nSPS) is 10.5. The predicted octanol–water partition coefficient (Wildman–Crippen LogP) is 1.07. The minimum atomic E-state index is -0.559. The lowest BCUT2D eigenvalue weighted by molar-refractivity contribution is -0.131. The van der Waals surface area contributed by atoms with Crippen LogP contribution in [0.4, 0.5) is 5.82 Å². The summed E-state index contributed by atoms with van der Waals surface area (Å²) in [6.45, 7) is 7.59. The van der Waals surface area contributed by atoms with E-state index in [1.54, 1.807) is 9.47 Å². The first-order chi connectivity index (χ1) is 9.99. The Balaban J connectivity index is 2.90. The summed E-state index contributed by atoms with van der Waals surface area (Å²) < 4.78 is 6.37. The summed E-state index contributed by atoms with van der Waals surface area (Å²) in [7, 11) is 1.29. The number of nitrogen functional groups attached to an aromatic ring is 1. The number of hydrogen-bond donors (Lipinski definition) is 1. The van der Waals surface area contributed by atoms with Gasteiger partial charge in [-0.1, -0.05) is 6.92 Å². The van der Waals surface area contributed by atoms with E-state index in [9.17, 15) is 9.59 Å². The lowest BCUT2D eigenvalue weighted by Crippen LogP contribution is -2.31. The van der Waals surface area contributed by atoms with E-state index in [1.807, 2.05) is 20.8 Å². The first-order valence-corrected chi connectivity index (χ1v) is 7.20. The van der Waals surface area contributed by atoms with Crippen LogP contribution in [0.15, 0.2) is 0 Å². The summed E-state index contributed by atoms with van der Waals surface area (Å²) >= 11 is 0. The van der Waals surface area contributed by atoms with E-state index in [-0.39, 0.29) is 17.4 Å². The molecule has 1 heterocycles. The first kappa shape index (κ1) is 17.0. The molecule has 1 rings (SSSR count). The Morgan fingerprint density at radius 3 is 2.38 bits per heavy atom. The number of carbonyl (C=O) groups excluding carboxylic acids is 2. The molecule has 7 heteroatoms. The van der Waals surface area contributed by atoms with E-state index in [0.29, 0.717) is 38.3 Å². The number of nitrogens with zero attached hydrogens (tertiary/aromatic N) is 3. The standard InChI is InChI=1S/C14H24N4O3/c1-5-10-16-12(14(20)21-4)13(15)18(10)9-8-11(19)17(6-2)7-3/h5-9,15H2,1-4H3. The minimum Gasteiger partial charge on any atom is -0.464 e. The molecule has 0 spiro atoms. The second-order valence-corrected chi connectivity index (χ2v) is 4.57. The van der Waals surface area contributed by atoms with Crippen molar-refractivity contribution in [3.8, 4) is 0 Å². The number of imidazole rings is 1. The first-order valence-electron chi connectivity index (χ1n) is 7.20. The molecule has 1 aromatic heterocycles. The molecule has 0 radical (unpaired) electrons. The Kier molecular flexibility index (Phi) is 6.20. The van der Waals surface area contributed by atoms with Gasteiger partial charge in [-0.15, -0.1) is 0 Å². The molecule has 21 heavy (non-hydrogen) atoms. The molecular formula is C14H24N4O3. The number of rotatable bonds is 7. The summed E-state index contributed by atoms with van der Waals surface area (Å²) in [4.78, 5) is 29.6. The van der Waals surface area contributed by atoms with E-state index in [1.165, 1.54) is 7.11 Å². The van der Waals surface area contributed by atoms with Gasteiger partial charge in [-0.2, -0.15) is 0 Å². The Labute approximate surface area is 125 Å². The molecule has 0 saturated carbocycles. The number of anilines is 1. The van der Waals surface area contributed by atoms with Crippen LogP contribution in [-0.4, -0.2) is 46.5 Å². The van der Waals surface area contributed by atoms with Crippen molar-refractivity contribution in [2.24, 2.45) is 0 Å². The van der Waals surface area contributed by atoms with Gasteiger partial charge in [0.05, 0.1) is 7.11 Å². The quantitative estimate of drug-likeness (QED) is 0.760. The lowest BCUT2D eigenvalue weighted by Gasteiger charge is -2.19. The van der Waals surface area contributed by atoms with Gasteiger partial charge in [0.2, 0.25) is 5.91 Å². The van der Waals surface area contributed by atoms with Gasteiger partial charge in [-0.05, 0) is 13.8 Å². The maximum atomic E-state index is 12.0. The van der Waals surface area contributed by atoms with Crippen LogP contribution in [0.1, 0.15) is 43.5 Å². The van der Waals surface area contributed by atoms with Gasteiger partial charge in [0, 0.05) is 32.5 Å². The van der Waals surface area contributed by atoms with Gasteiger partial charge in [0.25, 0.3) is 0 Å². The van der Waals surface area contributed by atoms with E-state index in [2.05, 4.69) is 9.72 Å². The van der Waals surface area contributed by atoms with Gasteiger partial charge < -0.3 is 19.9 Å². The molecule has 1 aromatic rings. The van der Waals surface area contributed by atoms with E-state index in [4.69, 9.17) is 5.73 Å². The second-order valence-electron chi connectivity index (χ2n) is 4.57. The second kappa shape index (κ2) is 7.66.